The lowest BCUT2D eigenvalue weighted by molar-refractivity contribution is 0.518. The van der Waals surface area contributed by atoms with Crippen LogP contribution in [0.2, 0.25) is 0 Å². The van der Waals surface area contributed by atoms with Crippen LogP contribution in [0.3, 0.4) is 0 Å². The van der Waals surface area contributed by atoms with Gasteiger partial charge >= 0.3 is 0 Å². The molecule has 0 radical (unpaired) electrons. The third-order valence-corrected chi connectivity index (χ3v) is 3.41. The monoisotopic (exact) mass is 326 g/mol. The lowest BCUT2D eigenvalue weighted by Gasteiger charge is -2.19. The van der Waals surface area contributed by atoms with Crippen LogP contribution < -0.4 is 5.32 Å². The summed E-state index contributed by atoms with van der Waals surface area (Å²) < 4.78 is 16.5. The van der Waals surface area contributed by atoms with Crippen molar-refractivity contribution < 1.29 is 4.39 Å². The molecule has 1 N–H and O–H groups in total. The van der Waals surface area contributed by atoms with Crippen molar-refractivity contribution in [2.45, 2.75) is 19.4 Å². The first-order valence-electron chi connectivity index (χ1n) is 6.16. The van der Waals surface area contributed by atoms with Gasteiger partial charge in [-0.2, -0.15) is 0 Å². The molecule has 6 heteroatoms. The van der Waals surface area contributed by atoms with Gasteiger partial charge in [0.1, 0.15) is 5.82 Å². The number of rotatable bonds is 5. The van der Waals surface area contributed by atoms with Crippen LogP contribution >= 0.6 is 15.9 Å². The van der Waals surface area contributed by atoms with Crippen molar-refractivity contribution in [3.63, 3.8) is 0 Å². The summed E-state index contributed by atoms with van der Waals surface area (Å²) in [5, 5.41) is 11.1. The number of aryl methyl sites for hydroxylation is 1. The lowest BCUT2D eigenvalue weighted by atomic mass is 10.0. The third-order valence-electron chi connectivity index (χ3n) is 2.92. The Morgan fingerprint density at radius 1 is 1.47 bits per heavy atom. The fraction of sp³-hybridized carbons (Fsp3) is 0.385. The second-order valence-electron chi connectivity index (χ2n) is 4.34. The molecule has 0 fully saturated rings. The number of nitrogens with zero attached hydrogens (tertiary/aromatic N) is 3. The predicted molar refractivity (Wildman–Crippen MR) is 75.2 cm³/mol. The van der Waals surface area contributed by atoms with Gasteiger partial charge in [0, 0.05) is 17.1 Å². The molecule has 0 saturated carbocycles. The maximum atomic E-state index is 14.1. The number of nitrogens with one attached hydrogen (secondary N) is 1. The summed E-state index contributed by atoms with van der Waals surface area (Å²) >= 11 is 3.27. The van der Waals surface area contributed by atoms with E-state index in [1.165, 1.54) is 6.07 Å². The summed E-state index contributed by atoms with van der Waals surface area (Å²) in [6.45, 7) is 2.87. The minimum absolute atomic E-state index is 0.243. The van der Waals surface area contributed by atoms with E-state index >= 15 is 0 Å². The van der Waals surface area contributed by atoms with Crippen LogP contribution in [0, 0.1) is 5.82 Å². The Labute approximate surface area is 120 Å². The van der Waals surface area contributed by atoms with Gasteiger partial charge in [-0.25, -0.2) is 4.39 Å². The van der Waals surface area contributed by atoms with Crippen LogP contribution in [0.1, 0.15) is 30.6 Å². The number of benzene rings is 1. The van der Waals surface area contributed by atoms with Gasteiger partial charge in [0.05, 0.1) is 17.9 Å². The summed E-state index contributed by atoms with van der Waals surface area (Å²) in [6, 6.07) is 4.84. The average Bonchev–Trinajstić information content (AvgIpc) is 2.78. The summed E-state index contributed by atoms with van der Waals surface area (Å²) in [7, 11) is 1.81. The molecule has 0 aliphatic rings. The molecule has 1 aromatic carbocycles. The number of hydrogen-bond donors (Lipinski definition) is 1. The molecule has 4 nitrogen and oxygen atoms in total. The SMILES string of the molecule is CCCNC(c1ccc(Br)cc1F)c1cnnn1C. The van der Waals surface area contributed by atoms with Crippen LogP contribution in [0.4, 0.5) is 4.39 Å². The molecule has 1 unspecified atom stereocenters. The van der Waals surface area contributed by atoms with Crippen molar-refractivity contribution in [1.82, 2.24) is 20.3 Å². The van der Waals surface area contributed by atoms with Gasteiger partial charge < -0.3 is 5.32 Å². The fourth-order valence-corrected chi connectivity index (χ4v) is 2.29. The standard InChI is InChI=1S/C13H16BrFN4/c1-3-6-16-13(12-8-17-18-19(12)2)10-5-4-9(14)7-11(10)15/h4-5,7-8,13,16H,3,6H2,1-2H3. The first-order valence-corrected chi connectivity index (χ1v) is 6.95. The highest BCUT2D eigenvalue weighted by molar-refractivity contribution is 9.10. The van der Waals surface area contributed by atoms with E-state index in [0.717, 1.165) is 23.1 Å². The van der Waals surface area contributed by atoms with Gasteiger partial charge in [-0.05, 0) is 25.1 Å². The second-order valence-corrected chi connectivity index (χ2v) is 5.25. The van der Waals surface area contributed by atoms with Crippen LogP contribution in [0.5, 0.6) is 0 Å². The van der Waals surface area contributed by atoms with Gasteiger partial charge in [0.25, 0.3) is 0 Å². The molecule has 2 aromatic rings. The maximum Gasteiger partial charge on any atom is 0.129 e. The quantitative estimate of drug-likeness (QED) is 0.918. The molecular weight excluding hydrogens is 311 g/mol. The molecule has 0 aliphatic carbocycles. The summed E-state index contributed by atoms with van der Waals surface area (Å²) in [4.78, 5) is 0. The molecule has 0 bridgehead atoms. The summed E-state index contributed by atoms with van der Waals surface area (Å²) in [5.41, 5.74) is 1.44. The zero-order chi connectivity index (χ0) is 13.8. The van der Waals surface area contributed by atoms with E-state index < -0.39 is 0 Å². The van der Waals surface area contributed by atoms with Crippen LogP contribution in [-0.4, -0.2) is 21.5 Å². The highest BCUT2D eigenvalue weighted by Gasteiger charge is 2.20. The number of aromatic nitrogens is 3. The fourth-order valence-electron chi connectivity index (χ4n) is 1.96. The summed E-state index contributed by atoms with van der Waals surface area (Å²) in [5.74, 6) is -0.246. The molecule has 0 aliphatic heterocycles. The third kappa shape index (κ3) is 3.19. The minimum atomic E-state index is -0.246. The van der Waals surface area contributed by atoms with E-state index in [1.54, 1.807) is 24.0 Å². The van der Waals surface area contributed by atoms with Crippen molar-refractivity contribution in [3.8, 4) is 0 Å². The molecule has 1 aromatic heterocycles. The van der Waals surface area contributed by atoms with E-state index in [2.05, 4.69) is 38.5 Å². The molecule has 0 spiro atoms. The highest BCUT2D eigenvalue weighted by Crippen LogP contribution is 2.25. The first-order chi connectivity index (χ1) is 9.13. The van der Waals surface area contributed by atoms with Gasteiger partial charge in [0.15, 0.2) is 0 Å². The van der Waals surface area contributed by atoms with Crippen molar-refractivity contribution in [2.24, 2.45) is 7.05 Å². The number of halogens is 2. The zero-order valence-electron chi connectivity index (χ0n) is 10.9. The van der Waals surface area contributed by atoms with E-state index in [0.29, 0.717) is 5.56 Å². The van der Waals surface area contributed by atoms with Crippen molar-refractivity contribution >= 4 is 15.9 Å². The van der Waals surface area contributed by atoms with Crippen LogP contribution in [0.15, 0.2) is 28.9 Å². The minimum Gasteiger partial charge on any atom is -0.305 e. The smallest absolute Gasteiger partial charge is 0.129 e. The Morgan fingerprint density at radius 2 is 2.26 bits per heavy atom. The van der Waals surface area contributed by atoms with E-state index in [4.69, 9.17) is 0 Å². The average molecular weight is 327 g/mol. The molecule has 1 heterocycles. The lowest BCUT2D eigenvalue weighted by Crippen LogP contribution is -2.26. The van der Waals surface area contributed by atoms with Gasteiger partial charge in [-0.3, -0.25) is 4.68 Å². The normalized spacial score (nSPS) is 12.6. The van der Waals surface area contributed by atoms with Crippen molar-refractivity contribution in [2.75, 3.05) is 6.54 Å². The Hall–Kier alpha value is -1.27. The van der Waals surface area contributed by atoms with E-state index in [9.17, 15) is 4.39 Å². The van der Waals surface area contributed by atoms with E-state index in [-0.39, 0.29) is 11.9 Å². The topological polar surface area (TPSA) is 42.7 Å². The molecule has 102 valence electrons. The number of hydrogen-bond acceptors (Lipinski definition) is 3. The Kier molecular flexibility index (Phi) is 4.66. The molecule has 0 amide bonds. The van der Waals surface area contributed by atoms with E-state index in [1.807, 2.05) is 6.07 Å². The molecular formula is C13H16BrFN4. The Balaban J connectivity index is 2.40. The van der Waals surface area contributed by atoms with Gasteiger partial charge in [-0.1, -0.05) is 34.1 Å². The van der Waals surface area contributed by atoms with Crippen molar-refractivity contribution in [1.29, 1.82) is 0 Å². The molecule has 2 rings (SSSR count). The molecule has 19 heavy (non-hydrogen) atoms. The van der Waals surface area contributed by atoms with Crippen LogP contribution in [-0.2, 0) is 7.05 Å². The molecule has 0 saturated heterocycles. The summed E-state index contributed by atoms with van der Waals surface area (Å²) in [6.07, 6.45) is 2.63. The van der Waals surface area contributed by atoms with Gasteiger partial charge in [-0.15, -0.1) is 5.10 Å². The second kappa shape index (κ2) is 6.25. The maximum absolute atomic E-state index is 14.1. The highest BCUT2D eigenvalue weighted by atomic mass is 79.9. The van der Waals surface area contributed by atoms with Gasteiger partial charge in [0.2, 0.25) is 0 Å². The zero-order valence-corrected chi connectivity index (χ0v) is 12.5. The van der Waals surface area contributed by atoms with Crippen LogP contribution in [0.25, 0.3) is 0 Å². The first kappa shape index (κ1) is 14.1. The predicted octanol–water partition coefficient (Wildman–Crippen LogP) is 2.81. The van der Waals surface area contributed by atoms with Crippen molar-refractivity contribution in [3.05, 3.63) is 45.9 Å². The largest absolute Gasteiger partial charge is 0.305 e. The Morgan fingerprint density at radius 3 is 2.84 bits per heavy atom. The Bertz CT molecular complexity index is 555. The molecule has 1 atom stereocenters.